The van der Waals surface area contributed by atoms with Crippen LogP contribution in [-0.4, -0.2) is 29.3 Å². The van der Waals surface area contributed by atoms with E-state index in [0.717, 1.165) is 46.6 Å². The summed E-state index contributed by atoms with van der Waals surface area (Å²) in [5.74, 6) is 0.761. The molecule has 28 heavy (non-hydrogen) atoms. The van der Waals surface area contributed by atoms with Gasteiger partial charge >= 0.3 is 0 Å². The van der Waals surface area contributed by atoms with Crippen molar-refractivity contribution in [1.82, 2.24) is 4.98 Å². The highest BCUT2D eigenvalue weighted by atomic mass is 35.5. The Bertz CT molecular complexity index is 1010. The molecule has 0 spiro atoms. The number of hydrogen-bond donors (Lipinski definition) is 1. The summed E-state index contributed by atoms with van der Waals surface area (Å²) in [6.07, 6.45) is 0.540. The first-order chi connectivity index (χ1) is 13.1. The zero-order valence-electron chi connectivity index (χ0n) is 15.6. The Kier molecular flexibility index (Phi) is 6.03. The molecule has 1 aliphatic rings. The van der Waals surface area contributed by atoms with Gasteiger partial charge in [-0.05, 0) is 49.2 Å². The van der Waals surface area contributed by atoms with E-state index in [2.05, 4.69) is 22.0 Å². The van der Waals surface area contributed by atoms with Crippen molar-refractivity contribution >= 4 is 29.0 Å². The normalized spacial score (nSPS) is 15.9. The number of nitrogens with zero attached hydrogens (tertiary/aromatic N) is 3. The molecule has 4 rings (SSSR count). The second kappa shape index (κ2) is 8.47. The number of pyridine rings is 1. The molecule has 1 fully saturated rings. The molecule has 144 valence electrons. The number of aliphatic hydroxyl groups excluding tert-OH is 1. The van der Waals surface area contributed by atoms with Crippen LogP contribution in [-0.2, 0) is 6.61 Å². The van der Waals surface area contributed by atoms with E-state index in [1.54, 1.807) is 12.1 Å². The van der Waals surface area contributed by atoms with E-state index >= 15 is 0 Å². The number of β-amino-alcohol motifs (C(OH)–C–C–N with tert-alkyl or cyclic N) is 1. The van der Waals surface area contributed by atoms with Crippen LogP contribution in [0.5, 0.6) is 5.75 Å². The molecular weight excluding hydrogens is 374 g/mol. The lowest BCUT2D eigenvalue weighted by molar-refractivity contribution is 0.198. The van der Waals surface area contributed by atoms with Gasteiger partial charge in [0, 0.05) is 35.9 Å². The summed E-state index contributed by atoms with van der Waals surface area (Å²) in [6, 6.07) is 17.5. The number of nitriles is 1. The molecule has 1 aliphatic heterocycles. The van der Waals surface area contributed by atoms with Gasteiger partial charge in [0.05, 0.1) is 23.3 Å². The van der Waals surface area contributed by atoms with Crippen molar-refractivity contribution in [3.63, 3.8) is 0 Å². The van der Waals surface area contributed by atoms with Crippen molar-refractivity contribution in [1.29, 1.82) is 5.26 Å². The third-order valence-corrected chi connectivity index (χ3v) is 4.88. The molecule has 1 N–H and O–H groups in total. The summed E-state index contributed by atoms with van der Waals surface area (Å²) >= 11 is 0. The number of fused-ring (bicyclic) bond motifs is 1. The minimum Gasteiger partial charge on any atom is -0.489 e. The molecule has 0 radical (unpaired) electrons. The SMILES string of the molecule is Cc1cc(N2CC[C@H](O)C2)c2ccc(OCc3ccc(C#N)cc3)cc2n1.Cl. The number of ether oxygens (including phenoxy) is 1. The van der Waals surface area contributed by atoms with Crippen LogP contribution >= 0.6 is 12.4 Å². The summed E-state index contributed by atoms with van der Waals surface area (Å²) in [6.45, 7) is 3.94. The fourth-order valence-electron chi connectivity index (χ4n) is 3.47. The predicted molar refractivity (Wildman–Crippen MR) is 112 cm³/mol. The van der Waals surface area contributed by atoms with Gasteiger partial charge in [-0.1, -0.05) is 12.1 Å². The van der Waals surface area contributed by atoms with Crippen LogP contribution in [0.2, 0.25) is 0 Å². The molecule has 0 saturated carbocycles. The number of aryl methyl sites for hydroxylation is 1. The first-order valence-corrected chi connectivity index (χ1v) is 9.08. The van der Waals surface area contributed by atoms with Gasteiger partial charge < -0.3 is 14.7 Å². The van der Waals surface area contributed by atoms with Crippen molar-refractivity contribution in [3.8, 4) is 11.8 Å². The van der Waals surface area contributed by atoms with Crippen molar-refractivity contribution in [3.05, 3.63) is 65.4 Å². The molecule has 2 aromatic carbocycles. The number of anilines is 1. The Morgan fingerprint density at radius 2 is 2.00 bits per heavy atom. The minimum absolute atomic E-state index is 0. The second-order valence-electron chi connectivity index (χ2n) is 6.95. The van der Waals surface area contributed by atoms with Crippen LogP contribution in [0.25, 0.3) is 10.9 Å². The highest BCUT2D eigenvalue weighted by Crippen LogP contribution is 2.31. The van der Waals surface area contributed by atoms with E-state index in [0.29, 0.717) is 18.7 Å². The predicted octanol–water partition coefficient (Wildman–Crippen LogP) is 3.99. The van der Waals surface area contributed by atoms with Gasteiger partial charge in [0.15, 0.2) is 0 Å². The fourth-order valence-corrected chi connectivity index (χ4v) is 3.47. The lowest BCUT2D eigenvalue weighted by atomic mass is 10.1. The molecule has 1 saturated heterocycles. The first kappa shape index (κ1) is 19.9. The second-order valence-corrected chi connectivity index (χ2v) is 6.95. The zero-order valence-corrected chi connectivity index (χ0v) is 16.4. The van der Waals surface area contributed by atoms with Crippen LogP contribution < -0.4 is 9.64 Å². The molecule has 0 bridgehead atoms. The summed E-state index contributed by atoms with van der Waals surface area (Å²) < 4.78 is 5.92. The Balaban J connectivity index is 0.00000225. The average molecular weight is 396 g/mol. The van der Waals surface area contributed by atoms with Crippen LogP contribution in [0.15, 0.2) is 48.5 Å². The van der Waals surface area contributed by atoms with Crippen LogP contribution in [0.4, 0.5) is 5.69 Å². The number of halogens is 1. The highest BCUT2D eigenvalue weighted by Gasteiger charge is 2.22. The molecule has 3 aromatic rings. The summed E-state index contributed by atoms with van der Waals surface area (Å²) in [5, 5.41) is 19.8. The Labute approximate surface area is 170 Å². The molecule has 0 amide bonds. The van der Waals surface area contributed by atoms with Gasteiger partial charge in [-0.2, -0.15) is 5.26 Å². The highest BCUT2D eigenvalue weighted by molar-refractivity contribution is 5.93. The largest absolute Gasteiger partial charge is 0.489 e. The monoisotopic (exact) mass is 395 g/mol. The van der Waals surface area contributed by atoms with Crippen molar-refractivity contribution in [2.75, 3.05) is 18.0 Å². The topological polar surface area (TPSA) is 69.4 Å². The third kappa shape index (κ3) is 4.19. The first-order valence-electron chi connectivity index (χ1n) is 9.08. The molecule has 0 unspecified atom stereocenters. The van der Waals surface area contributed by atoms with Crippen molar-refractivity contribution in [2.24, 2.45) is 0 Å². The van der Waals surface area contributed by atoms with Crippen molar-refractivity contribution in [2.45, 2.75) is 26.1 Å². The maximum Gasteiger partial charge on any atom is 0.122 e. The molecular formula is C22H22ClN3O2. The smallest absolute Gasteiger partial charge is 0.122 e. The Morgan fingerprint density at radius 1 is 1.21 bits per heavy atom. The fraction of sp³-hybridized carbons (Fsp3) is 0.273. The van der Waals surface area contributed by atoms with Crippen LogP contribution in [0.1, 0.15) is 23.2 Å². The molecule has 5 nitrogen and oxygen atoms in total. The zero-order chi connectivity index (χ0) is 18.8. The molecule has 6 heteroatoms. The van der Waals surface area contributed by atoms with Gasteiger partial charge in [-0.3, -0.25) is 4.98 Å². The molecule has 1 atom stereocenters. The van der Waals surface area contributed by atoms with E-state index in [9.17, 15) is 5.11 Å². The molecule has 2 heterocycles. The molecule has 1 aromatic heterocycles. The Morgan fingerprint density at radius 3 is 2.68 bits per heavy atom. The number of aliphatic hydroxyl groups is 1. The van der Waals surface area contributed by atoms with E-state index in [-0.39, 0.29) is 18.5 Å². The average Bonchev–Trinajstić information content (AvgIpc) is 3.12. The summed E-state index contributed by atoms with van der Waals surface area (Å²) in [5.41, 5.74) is 4.61. The van der Waals surface area contributed by atoms with E-state index < -0.39 is 0 Å². The number of aromatic nitrogens is 1. The van der Waals surface area contributed by atoms with Gasteiger partial charge in [0.2, 0.25) is 0 Å². The maximum absolute atomic E-state index is 9.86. The van der Waals surface area contributed by atoms with E-state index in [1.165, 1.54) is 0 Å². The molecule has 0 aliphatic carbocycles. The van der Waals surface area contributed by atoms with Gasteiger partial charge in [-0.15, -0.1) is 12.4 Å². The lowest BCUT2D eigenvalue weighted by Crippen LogP contribution is -2.21. The van der Waals surface area contributed by atoms with E-state index in [1.807, 2.05) is 37.3 Å². The van der Waals surface area contributed by atoms with Gasteiger partial charge in [0.25, 0.3) is 0 Å². The van der Waals surface area contributed by atoms with E-state index in [4.69, 9.17) is 10.00 Å². The maximum atomic E-state index is 9.86. The summed E-state index contributed by atoms with van der Waals surface area (Å²) in [4.78, 5) is 6.88. The standard InChI is InChI=1S/C22H21N3O2.ClH/c1-15-10-22(25-9-8-18(26)13-25)20-7-6-19(11-21(20)24-15)27-14-17-4-2-16(12-23)3-5-17;/h2-7,10-11,18,26H,8-9,13-14H2,1H3;1H/t18-;/m0./s1. The summed E-state index contributed by atoms with van der Waals surface area (Å²) in [7, 11) is 0. The van der Waals surface area contributed by atoms with Gasteiger partial charge in [-0.25, -0.2) is 0 Å². The number of hydrogen-bond acceptors (Lipinski definition) is 5. The quantitative estimate of drug-likeness (QED) is 0.723. The third-order valence-electron chi connectivity index (χ3n) is 4.88. The van der Waals surface area contributed by atoms with Crippen LogP contribution in [0.3, 0.4) is 0 Å². The minimum atomic E-state index is -0.261. The van der Waals surface area contributed by atoms with Gasteiger partial charge in [0.1, 0.15) is 12.4 Å². The van der Waals surface area contributed by atoms with Crippen molar-refractivity contribution < 1.29 is 9.84 Å². The number of benzene rings is 2. The lowest BCUT2D eigenvalue weighted by Gasteiger charge is -2.20. The number of rotatable bonds is 4. The van der Waals surface area contributed by atoms with Crippen LogP contribution in [0, 0.1) is 18.3 Å². The Hall–Kier alpha value is -2.81.